The predicted molar refractivity (Wildman–Crippen MR) is 127 cm³/mol. The number of morpholine rings is 1. The minimum atomic E-state index is -0.748. The van der Waals surface area contributed by atoms with Gasteiger partial charge in [-0.15, -0.1) is 0 Å². The van der Waals surface area contributed by atoms with E-state index in [1.807, 2.05) is 6.07 Å². The molecule has 3 heterocycles. The van der Waals surface area contributed by atoms with Crippen LogP contribution in [0.25, 0.3) is 5.76 Å². The van der Waals surface area contributed by atoms with Crippen LogP contribution >= 0.6 is 0 Å². The lowest BCUT2D eigenvalue weighted by Crippen LogP contribution is -2.39. The van der Waals surface area contributed by atoms with Crippen molar-refractivity contribution in [3.8, 4) is 5.75 Å². The van der Waals surface area contributed by atoms with Crippen LogP contribution in [-0.2, 0) is 14.3 Å². The fraction of sp³-hybridized carbons (Fsp3) is 0.346. The summed E-state index contributed by atoms with van der Waals surface area (Å²) in [5, 5.41) is 11.1. The van der Waals surface area contributed by atoms with Crippen LogP contribution in [0.3, 0.4) is 0 Å². The minimum absolute atomic E-state index is 0.0508. The molecule has 1 aromatic carbocycles. The number of aliphatic hydroxyl groups is 1. The SMILES string of the molecule is C=CCOc1ccc(C(O)=C2C(=O)C(=O)N(CCCN3CCOCC3)[C@H]2c2ccccn2)cc1. The molecule has 8 heteroatoms. The van der Waals surface area contributed by atoms with Gasteiger partial charge in [0.25, 0.3) is 11.7 Å². The Labute approximate surface area is 199 Å². The van der Waals surface area contributed by atoms with E-state index in [0.29, 0.717) is 49.8 Å². The third kappa shape index (κ3) is 5.18. The fourth-order valence-electron chi connectivity index (χ4n) is 4.26. The number of likely N-dealkylation sites (tertiary alicyclic amines) is 1. The molecule has 0 saturated carbocycles. The van der Waals surface area contributed by atoms with Crippen molar-refractivity contribution in [2.24, 2.45) is 0 Å². The van der Waals surface area contributed by atoms with E-state index in [1.165, 1.54) is 4.90 Å². The summed E-state index contributed by atoms with van der Waals surface area (Å²) in [7, 11) is 0. The Bertz CT molecular complexity index is 1050. The lowest BCUT2D eigenvalue weighted by Gasteiger charge is -2.28. The van der Waals surface area contributed by atoms with E-state index >= 15 is 0 Å². The monoisotopic (exact) mass is 463 g/mol. The maximum absolute atomic E-state index is 13.1. The van der Waals surface area contributed by atoms with Crippen molar-refractivity contribution in [2.45, 2.75) is 12.5 Å². The predicted octanol–water partition coefficient (Wildman–Crippen LogP) is 2.79. The fourth-order valence-corrected chi connectivity index (χ4v) is 4.26. The first-order valence-corrected chi connectivity index (χ1v) is 11.4. The number of amides is 1. The van der Waals surface area contributed by atoms with Crippen LogP contribution in [0.2, 0.25) is 0 Å². The molecule has 0 radical (unpaired) electrons. The maximum atomic E-state index is 13.1. The van der Waals surface area contributed by atoms with Crippen LogP contribution in [-0.4, -0.2) is 77.6 Å². The van der Waals surface area contributed by atoms with E-state index in [2.05, 4.69) is 16.5 Å². The lowest BCUT2D eigenvalue weighted by molar-refractivity contribution is -0.140. The van der Waals surface area contributed by atoms with Gasteiger partial charge in [-0.3, -0.25) is 19.5 Å². The first-order chi connectivity index (χ1) is 16.6. The van der Waals surface area contributed by atoms with Crippen LogP contribution < -0.4 is 4.74 Å². The van der Waals surface area contributed by atoms with Crippen LogP contribution in [0.4, 0.5) is 0 Å². The Morgan fingerprint density at radius 2 is 1.91 bits per heavy atom. The maximum Gasteiger partial charge on any atom is 0.295 e. The Morgan fingerprint density at radius 3 is 2.59 bits per heavy atom. The van der Waals surface area contributed by atoms with E-state index in [9.17, 15) is 14.7 Å². The molecule has 2 aliphatic heterocycles. The third-order valence-electron chi connectivity index (χ3n) is 5.98. The first-order valence-electron chi connectivity index (χ1n) is 11.4. The number of benzene rings is 1. The second kappa shape index (κ2) is 11.1. The Hall–Kier alpha value is -3.49. The molecule has 34 heavy (non-hydrogen) atoms. The summed E-state index contributed by atoms with van der Waals surface area (Å²) in [5.74, 6) is -0.933. The van der Waals surface area contributed by atoms with Gasteiger partial charge in [0.05, 0.1) is 24.5 Å². The Kier molecular flexibility index (Phi) is 7.72. The first kappa shape index (κ1) is 23.7. The van der Waals surface area contributed by atoms with E-state index in [1.54, 1.807) is 48.7 Å². The molecule has 2 saturated heterocycles. The summed E-state index contributed by atoms with van der Waals surface area (Å²) in [5.41, 5.74) is 1.02. The molecule has 0 aliphatic carbocycles. The quantitative estimate of drug-likeness (QED) is 0.265. The molecule has 1 amide bonds. The molecule has 1 atom stereocenters. The molecule has 2 fully saturated rings. The Balaban J connectivity index is 1.61. The average Bonchev–Trinajstić information content (AvgIpc) is 3.13. The summed E-state index contributed by atoms with van der Waals surface area (Å²) in [6.07, 6.45) is 3.96. The number of Topliss-reactive ketones (excluding diaryl/α,β-unsaturated/α-hetero) is 1. The van der Waals surface area contributed by atoms with Gasteiger partial charge in [0.1, 0.15) is 24.2 Å². The zero-order chi connectivity index (χ0) is 23.9. The molecule has 8 nitrogen and oxygen atoms in total. The van der Waals surface area contributed by atoms with Gasteiger partial charge in [0, 0.05) is 37.9 Å². The largest absolute Gasteiger partial charge is 0.507 e. The Morgan fingerprint density at radius 1 is 1.15 bits per heavy atom. The van der Waals surface area contributed by atoms with Crippen molar-refractivity contribution in [3.05, 3.63) is 78.1 Å². The van der Waals surface area contributed by atoms with Crippen molar-refractivity contribution in [1.82, 2.24) is 14.8 Å². The smallest absolute Gasteiger partial charge is 0.295 e. The summed E-state index contributed by atoms with van der Waals surface area (Å²) < 4.78 is 10.9. The number of nitrogens with zero attached hydrogens (tertiary/aromatic N) is 3. The van der Waals surface area contributed by atoms with E-state index in [-0.39, 0.29) is 11.3 Å². The number of rotatable bonds is 9. The molecule has 0 spiro atoms. The van der Waals surface area contributed by atoms with Crippen LogP contribution in [0.5, 0.6) is 5.75 Å². The number of ether oxygens (including phenoxy) is 2. The van der Waals surface area contributed by atoms with Gasteiger partial charge in [0.15, 0.2) is 0 Å². The average molecular weight is 464 g/mol. The van der Waals surface area contributed by atoms with Gasteiger partial charge < -0.3 is 19.5 Å². The third-order valence-corrected chi connectivity index (χ3v) is 5.98. The van der Waals surface area contributed by atoms with Crippen LogP contribution in [0.15, 0.2) is 66.9 Å². The number of aromatic nitrogens is 1. The highest BCUT2D eigenvalue weighted by Crippen LogP contribution is 2.38. The number of carbonyl (C=O) groups excluding carboxylic acids is 2. The van der Waals surface area contributed by atoms with Crippen molar-refractivity contribution < 1.29 is 24.2 Å². The second-order valence-corrected chi connectivity index (χ2v) is 8.18. The highest BCUT2D eigenvalue weighted by molar-refractivity contribution is 6.46. The molecule has 1 aromatic heterocycles. The van der Waals surface area contributed by atoms with Crippen molar-refractivity contribution in [1.29, 1.82) is 0 Å². The van der Waals surface area contributed by atoms with Crippen LogP contribution in [0.1, 0.15) is 23.7 Å². The highest BCUT2D eigenvalue weighted by Gasteiger charge is 2.46. The summed E-state index contributed by atoms with van der Waals surface area (Å²) in [6, 6.07) is 11.3. The van der Waals surface area contributed by atoms with Crippen molar-refractivity contribution in [3.63, 3.8) is 0 Å². The number of carbonyl (C=O) groups is 2. The molecule has 4 rings (SSSR count). The molecule has 178 valence electrons. The summed E-state index contributed by atoms with van der Waals surface area (Å²) in [6.45, 7) is 8.29. The highest BCUT2D eigenvalue weighted by atomic mass is 16.5. The number of hydrogen-bond donors (Lipinski definition) is 1. The van der Waals surface area contributed by atoms with Crippen molar-refractivity contribution in [2.75, 3.05) is 46.0 Å². The lowest BCUT2D eigenvalue weighted by atomic mass is 9.98. The number of aliphatic hydroxyl groups excluding tert-OH is 1. The molecular formula is C26H29N3O5. The molecule has 0 unspecified atom stereocenters. The topological polar surface area (TPSA) is 92.2 Å². The van der Waals surface area contributed by atoms with Gasteiger partial charge in [0.2, 0.25) is 0 Å². The molecule has 2 aliphatic rings. The number of hydrogen-bond acceptors (Lipinski definition) is 7. The van der Waals surface area contributed by atoms with E-state index in [4.69, 9.17) is 9.47 Å². The van der Waals surface area contributed by atoms with Gasteiger partial charge in [-0.25, -0.2) is 0 Å². The van der Waals surface area contributed by atoms with E-state index < -0.39 is 17.7 Å². The van der Waals surface area contributed by atoms with Crippen LogP contribution in [0, 0.1) is 0 Å². The minimum Gasteiger partial charge on any atom is -0.507 e. The molecule has 0 bridgehead atoms. The van der Waals surface area contributed by atoms with Gasteiger partial charge in [-0.1, -0.05) is 18.7 Å². The number of pyridine rings is 1. The van der Waals surface area contributed by atoms with Gasteiger partial charge >= 0.3 is 0 Å². The molecule has 1 N–H and O–H groups in total. The van der Waals surface area contributed by atoms with E-state index in [0.717, 1.165) is 19.6 Å². The summed E-state index contributed by atoms with van der Waals surface area (Å²) in [4.78, 5) is 34.3. The zero-order valence-electron chi connectivity index (χ0n) is 19.1. The molecular weight excluding hydrogens is 434 g/mol. The standard InChI is InChI=1S/C26H29N3O5/c1-2-16-34-20-9-7-19(8-10-20)24(30)22-23(21-6-3-4-11-27-21)29(26(32)25(22)31)13-5-12-28-14-17-33-18-15-28/h2-4,6-11,23,30H,1,5,12-18H2/t23-/m0/s1. The number of ketones is 1. The normalized spacial score (nSPS) is 20.5. The molecule has 2 aromatic rings. The van der Waals surface area contributed by atoms with Crippen molar-refractivity contribution >= 4 is 17.4 Å². The van der Waals surface area contributed by atoms with Gasteiger partial charge in [-0.2, -0.15) is 0 Å². The zero-order valence-corrected chi connectivity index (χ0v) is 19.1. The second-order valence-electron chi connectivity index (χ2n) is 8.18. The summed E-state index contributed by atoms with van der Waals surface area (Å²) >= 11 is 0. The van der Waals surface area contributed by atoms with Gasteiger partial charge in [-0.05, 0) is 42.8 Å².